The molecule has 1 aliphatic rings. The van der Waals surface area contributed by atoms with Crippen molar-refractivity contribution in [2.24, 2.45) is 0 Å². The van der Waals surface area contributed by atoms with Crippen LogP contribution >= 0.6 is 0 Å². The van der Waals surface area contributed by atoms with Crippen LogP contribution in [0.25, 0.3) is 0 Å². The topological polar surface area (TPSA) is 58.2 Å². The largest absolute Gasteiger partial charge is 0.381 e. The van der Waals surface area contributed by atoms with E-state index in [0.29, 0.717) is 11.7 Å². The van der Waals surface area contributed by atoms with E-state index in [2.05, 4.69) is 10.2 Å². The molecule has 1 N–H and O–H groups in total. The summed E-state index contributed by atoms with van der Waals surface area (Å²) in [5.74, 6) is 0.0702. The summed E-state index contributed by atoms with van der Waals surface area (Å²) in [5.41, 5.74) is 1.51. The molecule has 0 aromatic carbocycles. The van der Waals surface area contributed by atoms with Gasteiger partial charge >= 0.3 is 0 Å². The van der Waals surface area contributed by atoms with Gasteiger partial charge in [0.2, 0.25) is 0 Å². The molecule has 0 unspecified atom stereocenters. The first-order chi connectivity index (χ1) is 7.72. The maximum absolute atomic E-state index is 12.1. The van der Waals surface area contributed by atoms with E-state index >= 15 is 0 Å². The molecule has 5 nitrogen and oxygen atoms in total. The number of hydrogen-bond donors (Lipinski definition) is 1. The summed E-state index contributed by atoms with van der Waals surface area (Å²) in [6.07, 6.45) is 3.73. The summed E-state index contributed by atoms with van der Waals surface area (Å²) >= 11 is 0. The number of ether oxygens (including phenoxy) is 1. The molecule has 1 aliphatic heterocycles. The van der Waals surface area contributed by atoms with E-state index in [1.54, 1.807) is 13.3 Å². The quantitative estimate of drug-likeness (QED) is 0.812. The van der Waals surface area contributed by atoms with Crippen LogP contribution in [0.15, 0.2) is 6.20 Å². The molecule has 88 valence electrons. The van der Waals surface area contributed by atoms with Crippen LogP contribution in [0.5, 0.6) is 0 Å². The van der Waals surface area contributed by atoms with Crippen molar-refractivity contribution in [1.82, 2.24) is 15.1 Å². The minimum Gasteiger partial charge on any atom is -0.381 e. The zero-order valence-electron chi connectivity index (χ0n) is 9.69. The lowest BCUT2D eigenvalue weighted by Gasteiger charge is -2.31. The fraction of sp³-hybridized carbons (Fsp3) is 0.636. The Hall–Kier alpha value is -1.36. The summed E-state index contributed by atoms with van der Waals surface area (Å²) < 4.78 is 5.28. The molecule has 0 atom stereocenters. The van der Waals surface area contributed by atoms with Gasteiger partial charge in [0, 0.05) is 25.9 Å². The molecule has 16 heavy (non-hydrogen) atoms. The Morgan fingerprint density at radius 2 is 2.25 bits per heavy atom. The average molecular weight is 223 g/mol. The van der Waals surface area contributed by atoms with Crippen LogP contribution < -0.4 is 0 Å². The maximum Gasteiger partial charge on any atom is 0.257 e. The molecule has 1 fully saturated rings. The second kappa shape index (κ2) is 4.65. The van der Waals surface area contributed by atoms with Gasteiger partial charge in [-0.15, -0.1) is 0 Å². The Morgan fingerprint density at radius 3 is 2.75 bits per heavy atom. The third kappa shape index (κ3) is 2.09. The number of amides is 1. The second-order valence-electron chi connectivity index (χ2n) is 4.14. The first-order valence-electron chi connectivity index (χ1n) is 5.54. The SMILES string of the molecule is COC1CCN(C(=O)c2cn[nH]c2C)CC1. The number of carbonyl (C=O) groups is 1. The van der Waals surface area contributed by atoms with Crippen molar-refractivity contribution in [1.29, 1.82) is 0 Å². The number of piperidine rings is 1. The van der Waals surface area contributed by atoms with Crippen LogP contribution in [0.3, 0.4) is 0 Å². The Labute approximate surface area is 94.8 Å². The van der Waals surface area contributed by atoms with Crippen LogP contribution in [0.4, 0.5) is 0 Å². The highest BCUT2D eigenvalue weighted by Crippen LogP contribution is 2.16. The van der Waals surface area contributed by atoms with Gasteiger partial charge in [0.05, 0.1) is 17.9 Å². The van der Waals surface area contributed by atoms with Crippen molar-refractivity contribution in [2.45, 2.75) is 25.9 Å². The predicted molar refractivity (Wildman–Crippen MR) is 59.3 cm³/mol. The molecule has 1 amide bonds. The van der Waals surface area contributed by atoms with Gasteiger partial charge in [-0.25, -0.2) is 0 Å². The molecule has 0 aliphatic carbocycles. The number of H-pyrrole nitrogens is 1. The molecule has 0 bridgehead atoms. The Bertz CT molecular complexity index is 367. The summed E-state index contributed by atoms with van der Waals surface area (Å²) in [6, 6.07) is 0. The molecular weight excluding hydrogens is 206 g/mol. The molecule has 5 heteroatoms. The number of rotatable bonds is 2. The molecule has 2 rings (SSSR count). The van der Waals surface area contributed by atoms with Crippen molar-refractivity contribution in [2.75, 3.05) is 20.2 Å². The number of aromatic amines is 1. The number of hydrogen-bond acceptors (Lipinski definition) is 3. The van der Waals surface area contributed by atoms with Gasteiger partial charge in [0.1, 0.15) is 0 Å². The number of likely N-dealkylation sites (tertiary alicyclic amines) is 1. The van der Waals surface area contributed by atoms with Crippen LogP contribution in [0.2, 0.25) is 0 Å². The smallest absolute Gasteiger partial charge is 0.257 e. The molecule has 1 aromatic rings. The standard InChI is InChI=1S/C11H17N3O2/c1-8-10(7-12-13-8)11(15)14-5-3-9(16-2)4-6-14/h7,9H,3-6H2,1-2H3,(H,12,13). The average Bonchev–Trinajstić information content (AvgIpc) is 2.75. The van der Waals surface area contributed by atoms with Gasteiger partial charge in [0.25, 0.3) is 5.91 Å². The fourth-order valence-electron chi connectivity index (χ4n) is 2.03. The summed E-state index contributed by atoms with van der Waals surface area (Å²) in [6.45, 7) is 3.39. The first kappa shape index (κ1) is 11.1. The van der Waals surface area contributed by atoms with E-state index in [4.69, 9.17) is 4.74 Å². The third-order valence-corrected chi connectivity index (χ3v) is 3.12. The van der Waals surface area contributed by atoms with E-state index in [-0.39, 0.29) is 5.91 Å². The Balaban J connectivity index is 2.00. The first-order valence-corrected chi connectivity index (χ1v) is 5.54. The highest BCUT2D eigenvalue weighted by molar-refractivity contribution is 5.95. The van der Waals surface area contributed by atoms with E-state index in [9.17, 15) is 4.79 Å². The number of methoxy groups -OCH3 is 1. The normalized spacial score (nSPS) is 17.8. The lowest BCUT2D eigenvalue weighted by molar-refractivity contribution is 0.0350. The van der Waals surface area contributed by atoms with Gasteiger partial charge in [-0.2, -0.15) is 5.10 Å². The van der Waals surface area contributed by atoms with Crippen molar-refractivity contribution >= 4 is 5.91 Å². The summed E-state index contributed by atoms with van der Waals surface area (Å²) in [5, 5.41) is 6.66. The molecular formula is C11H17N3O2. The van der Waals surface area contributed by atoms with Crippen LogP contribution in [-0.2, 0) is 4.74 Å². The monoisotopic (exact) mass is 223 g/mol. The van der Waals surface area contributed by atoms with Crippen LogP contribution in [-0.4, -0.2) is 47.3 Å². The Kier molecular flexibility index (Phi) is 3.24. The molecule has 1 saturated heterocycles. The number of aromatic nitrogens is 2. The van der Waals surface area contributed by atoms with Gasteiger partial charge in [-0.3, -0.25) is 9.89 Å². The third-order valence-electron chi connectivity index (χ3n) is 3.12. The van der Waals surface area contributed by atoms with Gasteiger partial charge in [0.15, 0.2) is 0 Å². The molecule has 0 saturated carbocycles. The molecule has 1 aromatic heterocycles. The molecule has 0 spiro atoms. The van der Waals surface area contributed by atoms with Gasteiger partial charge < -0.3 is 9.64 Å². The maximum atomic E-state index is 12.1. The number of carbonyl (C=O) groups excluding carboxylic acids is 1. The zero-order chi connectivity index (χ0) is 11.5. The number of nitrogens with zero attached hydrogens (tertiary/aromatic N) is 2. The van der Waals surface area contributed by atoms with Gasteiger partial charge in [-0.1, -0.05) is 0 Å². The van der Waals surface area contributed by atoms with Crippen molar-refractivity contribution < 1.29 is 9.53 Å². The molecule has 2 heterocycles. The van der Waals surface area contributed by atoms with E-state index < -0.39 is 0 Å². The minimum absolute atomic E-state index is 0.0702. The van der Waals surface area contributed by atoms with E-state index in [1.165, 1.54) is 0 Å². The van der Waals surface area contributed by atoms with E-state index in [0.717, 1.165) is 31.6 Å². The fourth-order valence-corrected chi connectivity index (χ4v) is 2.03. The van der Waals surface area contributed by atoms with Crippen molar-refractivity contribution in [3.63, 3.8) is 0 Å². The number of nitrogens with one attached hydrogen (secondary N) is 1. The van der Waals surface area contributed by atoms with Gasteiger partial charge in [-0.05, 0) is 19.8 Å². The van der Waals surface area contributed by atoms with Crippen molar-refractivity contribution in [3.05, 3.63) is 17.5 Å². The minimum atomic E-state index is 0.0702. The lowest BCUT2D eigenvalue weighted by Crippen LogP contribution is -2.40. The lowest BCUT2D eigenvalue weighted by atomic mass is 10.1. The Morgan fingerprint density at radius 1 is 1.56 bits per heavy atom. The predicted octanol–water partition coefficient (Wildman–Crippen LogP) is 0.969. The number of aryl methyl sites for hydroxylation is 1. The van der Waals surface area contributed by atoms with E-state index in [1.807, 2.05) is 11.8 Å². The highest BCUT2D eigenvalue weighted by Gasteiger charge is 2.24. The zero-order valence-corrected chi connectivity index (χ0v) is 9.69. The van der Waals surface area contributed by atoms with Crippen molar-refractivity contribution in [3.8, 4) is 0 Å². The summed E-state index contributed by atoms with van der Waals surface area (Å²) in [4.78, 5) is 14.0. The highest BCUT2D eigenvalue weighted by atomic mass is 16.5. The second-order valence-corrected chi connectivity index (χ2v) is 4.14. The summed E-state index contributed by atoms with van der Waals surface area (Å²) in [7, 11) is 1.72. The van der Waals surface area contributed by atoms with Crippen LogP contribution in [0.1, 0.15) is 28.9 Å². The van der Waals surface area contributed by atoms with Crippen LogP contribution in [0, 0.1) is 6.92 Å². The molecule has 0 radical (unpaired) electrons.